The summed E-state index contributed by atoms with van der Waals surface area (Å²) in [6.07, 6.45) is -11.2. The largest absolute Gasteiger partial charge is 0.471 e. The van der Waals surface area contributed by atoms with Crippen LogP contribution in [0.4, 0.5) is 32.0 Å². The van der Waals surface area contributed by atoms with Crippen molar-refractivity contribution in [2.75, 3.05) is 13.2 Å². The Morgan fingerprint density at radius 2 is 1.69 bits per heavy atom. The van der Waals surface area contributed by atoms with Crippen LogP contribution in [0.25, 0.3) is 0 Å². The molecule has 0 radical (unpaired) electrons. The number of hydrogen-bond acceptors (Lipinski definition) is 9. The molecular weight excluding hydrogens is 704 g/mol. The summed E-state index contributed by atoms with van der Waals surface area (Å²) < 4.78 is 93.1. The summed E-state index contributed by atoms with van der Waals surface area (Å²) in [5, 5.41) is 14.1. The van der Waals surface area contributed by atoms with Gasteiger partial charge in [0.1, 0.15) is 6.10 Å². The SMILES string of the molecule is CC(=O)O[C@H](C)[C@]1(C(=O)NCc2cc(C(F)(F)F)ccc2SSc2ccccc2[N+](=O)[O-])CC[C@@H](N(C(=O)C(F)(F)F)C2CCOCC2)C1. The van der Waals surface area contributed by atoms with Crippen molar-refractivity contribution in [1.29, 1.82) is 0 Å². The average Bonchev–Trinajstić information content (AvgIpc) is 3.48. The lowest BCUT2D eigenvalue weighted by molar-refractivity contribution is -0.387. The van der Waals surface area contributed by atoms with Crippen molar-refractivity contribution in [2.24, 2.45) is 5.41 Å². The molecule has 49 heavy (non-hydrogen) atoms. The van der Waals surface area contributed by atoms with Crippen LogP contribution in [0, 0.1) is 15.5 Å². The molecule has 1 aliphatic carbocycles. The van der Waals surface area contributed by atoms with Gasteiger partial charge in [0.25, 0.3) is 5.69 Å². The standard InChI is InChI=1S/C31H33F6N3O7S2/c1-18(47-19(2)41)29(12-9-23(16-29)39(28(43)31(35,36)37)22-10-13-46-14-11-22)27(42)38-17-20-15-21(30(32,33)34)7-8-25(20)48-49-26-6-4-3-5-24(26)40(44)45/h3-8,15,18,22-23H,9-14,16-17H2,1-2H3,(H,38,42)/t18-,23-,29+/m1/s1. The molecule has 2 aliphatic rings. The maximum atomic E-state index is 14.0. The van der Waals surface area contributed by atoms with Gasteiger partial charge in [0.15, 0.2) is 0 Å². The van der Waals surface area contributed by atoms with Crippen LogP contribution in [0.15, 0.2) is 52.3 Å². The van der Waals surface area contributed by atoms with Crippen LogP contribution in [0.2, 0.25) is 0 Å². The molecule has 2 aromatic carbocycles. The molecule has 4 rings (SSSR count). The minimum absolute atomic E-state index is 0.0141. The number of rotatable bonds is 11. The van der Waals surface area contributed by atoms with E-state index in [0.717, 1.165) is 45.5 Å². The lowest BCUT2D eigenvalue weighted by Gasteiger charge is -2.40. The Labute approximate surface area is 285 Å². The first-order valence-corrected chi connectivity index (χ1v) is 17.3. The Hall–Kier alpha value is -3.51. The molecule has 2 aromatic rings. The third-order valence-corrected chi connectivity index (χ3v) is 11.2. The topological polar surface area (TPSA) is 128 Å². The number of nitrogens with one attached hydrogen (secondary N) is 1. The predicted octanol–water partition coefficient (Wildman–Crippen LogP) is 7.09. The average molecular weight is 738 g/mol. The molecule has 1 N–H and O–H groups in total. The fourth-order valence-corrected chi connectivity index (χ4v) is 8.60. The number of nitro benzene ring substituents is 1. The van der Waals surface area contributed by atoms with Gasteiger partial charge in [-0.1, -0.05) is 22.9 Å². The smallest absolute Gasteiger partial charge is 0.462 e. The highest BCUT2D eigenvalue weighted by Gasteiger charge is 2.56. The highest BCUT2D eigenvalue weighted by molar-refractivity contribution is 8.76. The predicted molar refractivity (Wildman–Crippen MR) is 166 cm³/mol. The molecule has 1 heterocycles. The van der Waals surface area contributed by atoms with Crippen LogP contribution >= 0.6 is 21.6 Å². The first kappa shape index (κ1) is 38.3. The molecule has 2 fully saturated rings. The van der Waals surface area contributed by atoms with Gasteiger partial charge in [0.05, 0.1) is 20.8 Å². The lowest BCUT2D eigenvalue weighted by Crippen LogP contribution is -2.54. The Morgan fingerprint density at radius 3 is 2.31 bits per heavy atom. The van der Waals surface area contributed by atoms with Gasteiger partial charge in [0, 0.05) is 49.7 Å². The van der Waals surface area contributed by atoms with Gasteiger partial charge in [-0.05, 0) is 79.7 Å². The van der Waals surface area contributed by atoms with E-state index < -0.39 is 70.8 Å². The summed E-state index contributed by atoms with van der Waals surface area (Å²) in [5.74, 6) is -3.60. The Balaban J connectivity index is 1.63. The van der Waals surface area contributed by atoms with E-state index in [9.17, 15) is 50.8 Å². The Kier molecular flexibility index (Phi) is 12.2. The number of carbonyl (C=O) groups is 3. The maximum absolute atomic E-state index is 14.0. The number of esters is 1. The van der Waals surface area contributed by atoms with Crippen molar-refractivity contribution >= 4 is 45.1 Å². The van der Waals surface area contributed by atoms with E-state index in [-0.39, 0.29) is 66.4 Å². The van der Waals surface area contributed by atoms with Gasteiger partial charge < -0.3 is 19.7 Å². The van der Waals surface area contributed by atoms with Crippen LogP contribution < -0.4 is 5.32 Å². The Morgan fingerprint density at radius 1 is 1.04 bits per heavy atom. The molecule has 1 aliphatic heterocycles. The number of halogens is 6. The third-order valence-electron chi connectivity index (χ3n) is 8.66. The Bertz CT molecular complexity index is 1550. The van der Waals surface area contributed by atoms with E-state index >= 15 is 0 Å². The summed E-state index contributed by atoms with van der Waals surface area (Å²) in [4.78, 5) is 50.8. The van der Waals surface area contributed by atoms with Crippen molar-refractivity contribution in [3.05, 3.63) is 63.7 Å². The van der Waals surface area contributed by atoms with Gasteiger partial charge in [0.2, 0.25) is 5.91 Å². The number of alkyl halides is 6. The number of carbonyl (C=O) groups excluding carboxylic acids is 3. The van der Waals surface area contributed by atoms with E-state index in [0.29, 0.717) is 0 Å². The van der Waals surface area contributed by atoms with Gasteiger partial charge in [-0.15, -0.1) is 0 Å². The van der Waals surface area contributed by atoms with Gasteiger partial charge in [-0.25, -0.2) is 0 Å². The van der Waals surface area contributed by atoms with Gasteiger partial charge in [-0.3, -0.25) is 24.5 Å². The second kappa shape index (κ2) is 15.6. The summed E-state index contributed by atoms with van der Waals surface area (Å²) in [6, 6.07) is 6.76. The zero-order valence-corrected chi connectivity index (χ0v) is 27.9. The molecule has 0 spiro atoms. The zero-order chi connectivity index (χ0) is 36.1. The van der Waals surface area contributed by atoms with Gasteiger partial charge in [-0.2, -0.15) is 26.3 Å². The van der Waals surface area contributed by atoms with Crippen LogP contribution in [0.3, 0.4) is 0 Å². The fourth-order valence-electron chi connectivity index (χ4n) is 6.24. The summed E-state index contributed by atoms with van der Waals surface area (Å²) >= 11 is 0. The van der Waals surface area contributed by atoms with E-state index in [4.69, 9.17) is 9.47 Å². The number of benzene rings is 2. The lowest BCUT2D eigenvalue weighted by atomic mass is 9.79. The molecule has 1 saturated heterocycles. The van der Waals surface area contributed by atoms with Crippen LogP contribution in [0.5, 0.6) is 0 Å². The molecule has 18 heteroatoms. The first-order chi connectivity index (χ1) is 22.9. The monoisotopic (exact) mass is 737 g/mol. The second-order valence-electron chi connectivity index (χ2n) is 11.8. The summed E-state index contributed by atoms with van der Waals surface area (Å²) in [6.45, 7) is 2.32. The van der Waals surface area contributed by atoms with Crippen LogP contribution in [-0.4, -0.2) is 65.2 Å². The molecule has 2 amide bonds. The van der Waals surface area contributed by atoms with E-state index in [1.807, 2.05) is 0 Å². The number of nitro groups is 1. The molecule has 3 atom stereocenters. The quantitative estimate of drug-likeness (QED) is 0.0846. The highest BCUT2D eigenvalue weighted by Crippen LogP contribution is 2.47. The van der Waals surface area contributed by atoms with Crippen molar-refractivity contribution in [3.63, 3.8) is 0 Å². The molecule has 1 saturated carbocycles. The summed E-state index contributed by atoms with van der Waals surface area (Å²) in [7, 11) is 1.87. The van der Waals surface area contributed by atoms with Crippen molar-refractivity contribution in [2.45, 2.75) is 92.8 Å². The number of hydrogen-bond donors (Lipinski definition) is 1. The van der Waals surface area contributed by atoms with Crippen molar-refractivity contribution < 1.29 is 55.1 Å². The van der Waals surface area contributed by atoms with E-state index in [1.54, 1.807) is 6.07 Å². The minimum Gasteiger partial charge on any atom is -0.462 e. The van der Waals surface area contributed by atoms with Gasteiger partial charge >= 0.3 is 24.2 Å². The molecule has 10 nitrogen and oxygen atoms in total. The third kappa shape index (κ3) is 9.19. The molecule has 0 aromatic heterocycles. The van der Waals surface area contributed by atoms with Crippen molar-refractivity contribution in [1.82, 2.24) is 10.2 Å². The van der Waals surface area contributed by atoms with E-state index in [2.05, 4.69) is 5.32 Å². The number of amides is 2. The molecule has 268 valence electrons. The molecular formula is C31H33F6N3O7S2. The van der Waals surface area contributed by atoms with E-state index in [1.165, 1.54) is 31.2 Å². The minimum atomic E-state index is -5.19. The summed E-state index contributed by atoms with van der Waals surface area (Å²) in [5.41, 5.74) is -2.84. The number of para-hydroxylation sites is 1. The molecule has 0 bridgehead atoms. The van der Waals surface area contributed by atoms with Crippen molar-refractivity contribution in [3.8, 4) is 0 Å². The highest BCUT2D eigenvalue weighted by atomic mass is 33.1. The van der Waals surface area contributed by atoms with Crippen LogP contribution in [-0.2, 0) is 36.6 Å². The fraction of sp³-hybridized carbons (Fsp3) is 0.516. The first-order valence-electron chi connectivity index (χ1n) is 15.1. The number of nitrogens with zero attached hydrogens (tertiary/aromatic N) is 2. The van der Waals surface area contributed by atoms with Crippen LogP contribution in [0.1, 0.15) is 57.1 Å². The molecule has 0 unspecified atom stereocenters. The maximum Gasteiger partial charge on any atom is 0.471 e. The normalized spacial score (nSPS) is 20.8. The number of ether oxygens (including phenoxy) is 2. The second-order valence-corrected chi connectivity index (χ2v) is 14.0. The zero-order valence-electron chi connectivity index (χ0n) is 26.3.